The van der Waals surface area contributed by atoms with E-state index in [-0.39, 0.29) is 30.7 Å². The van der Waals surface area contributed by atoms with E-state index in [1.165, 1.54) is 37.8 Å². The molecule has 0 spiro atoms. The molecule has 0 unspecified atom stereocenters. The lowest BCUT2D eigenvalue weighted by Crippen LogP contribution is -2.17. The summed E-state index contributed by atoms with van der Waals surface area (Å²) in [6, 6.07) is 10.3. The van der Waals surface area contributed by atoms with Gasteiger partial charge in [0.05, 0.1) is 17.2 Å². The summed E-state index contributed by atoms with van der Waals surface area (Å²) < 4.78 is 2.04. The molecule has 1 atom stereocenters. The van der Waals surface area contributed by atoms with Crippen molar-refractivity contribution >= 4 is 58.3 Å². The van der Waals surface area contributed by atoms with Gasteiger partial charge in [-0.25, -0.2) is 4.98 Å². The van der Waals surface area contributed by atoms with E-state index in [0.29, 0.717) is 17.4 Å². The number of aromatic amines is 1. The van der Waals surface area contributed by atoms with Crippen LogP contribution in [0.3, 0.4) is 0 Å². The molecule has 206 valence electrons. The average Bonchev–Trinajstić information content (AvgIpc) is 3.60. The Kier molecular flexibility index (Phi) is 11.0. The van der Waals surface area contributed by atoms with Crippen LogP contribution in [0.15, 0.2) is 42.7 Å². The van der Waals surface area contributed by atoms with Crippen molar-refractivity contribution in [2.75, 3.05) is 25.5 Å². The van der Waals surface area contributed by atoms with Crippen LogP contribution in [0.5, 0.6) is 0 Å². The molecule has 4 aromatic rings. The second-order valence-electron chi connectivity index (χ2n) is 10.0. The molecule has 1 amide bonds. The fourth-order valence-electron chi connectivity index (χ4n) is 5.31. The summed E-state index contributed by atoms with van der Waals surface area (Å²) in [7, 11) is 2.17. The number of H-pyrrole nitrogens is 1. The van der Waals surface area contributed by atoms with E-state index in [4.69, 9.17) is 5.73 Å². The Bertz CT molecular complexity index is 1340. The number of aryl methyl sites for hydroxylation is 1. The van der Waals surface area contributed by atoms with Crippen molar-refractivity contribution in [3.8, 4) is 0 Å². The molecular weight excluding hydrogens is 521 g/mol. The molecule has 38 heavy (non-hydrogen) atoms. The molecule has 1 saturated heterocycles. The minimum Gasteiger partial charge on any atom is -0.357 e. The summed E-state index contributed by atoms with van der Waals surface area (Å²) in [6.45, 7) is 2.81. The van der Waals surface area contributed by atoms with Gasteiger partial charge in [-0.3, -0.25) is 14.4 Å². The van der Waals surface area contributed by atoms with E-state index >= 15 is 0 Å². The van der Waals surface area contributed by atoms with Gasteiger partial charge in [-0.05, 0) is 70.1 Å². The van der Waals surface area contributed by atoms with Crippen LogP contribution in [0.25, 0.3) is 21.8 Å². The smallest absolute Gasteiger partial charge is 0.256 e. The first-order chi connectivity index (χ1) is 17.6. The lowest BCUT2D eigenvalue weighted by atomic mass is 10.1. The second-order valence-corrected chi connectivity index (χ2v) is 10.0. The number of hydrogen-bond donors (Lipinski definition) is 3. The van der Waals surface area contributed by atoms with Crippen LogP contribution in [0.1, 0.15) is 73.5 Å². The Labute approximate surface area is 236 Å². The lowest BCUT2D eigenvalue weighted by Gasteiger charge is -2.17. The van der Waals surface area contributed by atoms with Gasteiger partial charge >= 0.3 is 0 Å². The Morgan fingerprint density at radius 1 is 1.05 bits per heavy atom. The first-order valence-corrected chi connectivity index (χ1v) is 13.3. The van der Waals surface area contributed by atoms with Crippen LogP contribution >= 0.6 is 24.8 Å². The number of nitrogens with zero attached hydrogens (tertiary/aromatic N) is 4. The molecule has 1 aliphatic rings. The first-order valence-electron chi connectivity index (χ1n) is 13.3. The molecular formula is C28H39Cl2N7O. The number of nitrogens with two attached hydrogens (primary N) is 1. The zero-order valence-corrected chi connectivity index (χ0v) is 23.6. The van der Waals surface area contributed by atoms with E-state index in [1.807, 2.05) is 41.3 Å². The van der Waals surface area contributed by atoms with Gasteiger partial charge < -0.3 is 16.0 Å². The van der Waals surface area contributed by atoms with Crippen LogP contribution in [0.4, 0.5) is 5.82 Å². The lowest BCUT2D eigenvalue weighted by molar-refractivity contribution is 0.102. The highest BCUT2D eigenvalue weighted by molar-refractivity contribution is 6.06. The zero-order chi connectivity index (χ0) is 24.9. The van der Waals surface area contributed by atoms with Crippen LogP contribution in [-0.4, -0.2) is 50.7 Å². The zero-order valence-electron chi connectivity index (χ0n) is 22.0. The van der Waals surface area contributed by atoms with Gasteiger partial charge in [0, 0.05) is 46.9 Å². The Morgan fingerprint density at radius 3 is 2.61 bits per heavy atom. The maximum absolute atomic E-state index is 13.0. The van der Waals surface area contributed by atoms with Gasteiger partial charge in [-0.1, -0.05) is 25.7 Å². The van der Waals surface area contributed by atoms with Gasteiger partial charge in [-0.15, -0.1) is 24.8 Å². The molecule has 10 heteroatoms. The van der Waals surface area contributed by atoms with Crippen LogP contribution in [0, 0.1) is 0 Å². The van der Waals surface area contributed by atoms with Crippen molar-refractivity contribution in [1.29, 1.82) is 0 Å². The molecule has 4 N–H and O–H groups in total. The number of pyridine rings is 1. The maximum atomic E-state index is 13.0. The predicted octanol–water partition coefficient (Wildman–Crippen LogP) is 6.07. The molecule has 0 radical (unpaired) electrons. The summed E-state index contributed by atoms with van der Waals surface area (Å²) in [4.78, 5) is 23.4. The Balaban J connectivity index is 0.00000200. The number of fused-ring (bicyclic) bond motifs is 2. The van der Waals surface area contributed by atoms with E-state index in [1.54, 1.807) is 0 Å². The van der Waals surface area contributed by atoms with Crippen molar-refractivity contribution in [1.82, 2.24) is 24.6 Å². The number of carbonyl (C=O) groups excluding carboxylic acids is 1. The SMILES string of the molecule is CN1CCC[C@@H]1c1cc2cnc(NC(=O)c3ccc4c(cnn4CCCCCCCCN)c3)cc2[nH]1.Cl.Cl. The number of benzene rings is 1. The fraction of sp³-hybridized carbons (Fsp3) is 0.464. The van der Waals surface area contributed by atoms with E-state index in [0.717, 1.165) is 60.7 Å². The predicted molar refractivity (Wildman–Crippen MR) is 160 cm³/mol. The first kappa shape index (κ1) is 29.9. The van der Waals surface area contributed by atoms with Crippen LogP contribution < -0.4 is 11.1 Å². The molecule has 1 aliphatic heterocycles. The number of anilines is 1. The molecule has 0 aliphatic carbocycles. The van der Waals surface area contributed by atoms with E-state index < -0.39 is 0 Å². The molecule has 8 nitrogen and oxygen atoms in total. The number of aromatic nitrogens is 4. The number of amides is 1. The number of unbranched alkanes of at least 4 members (excludes halogenated alkanes) is 5. The number of nitrogens with one attached hydrogen (secondary N) is 2. The summed E-state index contributed by atoms with van der Waals surface area (Å²) in [6.07, 6.45) is 13.2. The Morgan fingerprint density at radius 2 is 1.84 bits per heavy atom. The number of rotatable bonds is 11. The molecule has 1 fully saturated rings. The van der Waals surface area contributed by atoms with Gasteiger partial charge in [0.25, 0.3) is 5.91 Å². The standard InChI is InChI=1S/C28H37N7O.2ClH/c1-34-13-8-9-26(34)24-16-21-18-30-27(17-23(21)32-24)33-28(36)20-10-11-25-22(15-20)19-31-35(25)14-7-5-3-2-4-6-12-29;;/h10-11,15-19,26,32H,2-9,12-14,29H2,1H3,(H,30,33,36);2*1H/t26-;;/m1../s1. The molecule has 5 rings (SSSR count). The molecule has 3 aromatic heterocycles. The minimum absolute atomic E-state index is 0. The third-order valence-corrected chi connectivity index (χ3v) is 7.37. The highest BCUT2D eigenvalue weighted by Crippen LogP contribution is 2.32. The number of likely N-dealkylation sites (tertiary alicyclic amines) is 1. The van der Waals surface area contributed by atoms with Crippen molar-refractivity contribution in [2.45, 2.75) is 64.0 Å². The normalized spacial score (nSPS) is 15.5. The average molecular weight is 561 g/mol. The van der Waals surface area contributed by atoms with Crippen LogP contribution in [0.2, 0.25) is 0 Å². The van der Waals surface area contributed by atoms with Crippen molar-refractivity contribution in [3.05, 3.63) is 54.0 Å². The maximum Gasteiger partial charge on any atom is 0.256 e. The van der Waals surface area contributed by atoms with Gasteiger partial charge in [0.1, 0.15) is 5.82 Å². The number of halogens is 2. The summed E-state index contributed by atoms with van der Waals surface area (Å²) >= 11 is 0. The van der Waals surface area contributed by atoms with Crippen molar-refractivity contribution in [2.24, 2.45) is 5.73 Å². The topological polar surface area (TPSA) is 105 Å². The third-order valence-electron chi connectivity index (χ3n) is 7.37. The third kappa shape index (κ3) is 6.86. The highest BCUT2D eigenvalue weighted by Gasteiger charge is 2.24. The monoisotopic (exact) mass is 559 g/mol. The molecule has 0 bridgehead atoms. The van der Waals surface area contributed by atoms with Crippen molar-refractivity contribution in [3.63, 3.8) is 0 Å². The summed E-state index contributed by atoms with van der Waals surface area (Å²) in [5.41, 5.74) is 9.42. The number of carbonyl (C=O) groups is 1. The van der Waals surface area contributed by atoms with Gasteiger partial charge in [0.2, 0.25) is 0 Å². The van der Waals surface area contributed by atoms with Gasteiger partial charge in [-0.2, -0.15) is 5.10 Å². The quantitative estimate of drug-likeness (QED) is 0.193. The van der Waals surface area contributed by atoms with E-state index in [2.05, 4.69) is 38.4 Å². The second kappa shape index (κ2) is 13.9. The van der Waals surface area contributed by atoms with E-state index in [9.17, 15) is 4.79 Å². The fourth-order valence-corrected chi connectivity index (χ4v) is 5.31. The number of hydrogen-bond acceptors (Lipinski definition) is 5. The minimum atomic E-state index is -0.170. The molecule has 1 aromatic carbocycles. The summed E-state index contributed by atoms with van der Waals surface area (Å²) in [5, 5.41) is 9.54. The summed E-state index contributed by atoms with van der Waals surface area (Å²) in [5.74, 6) is 0.374. The molecule has 4 heterocycles. The Hall–Kier alpha value is -2.65. The largest absolute Gasteiger partial charge is 0.357 e. The molecule has 0 saturated carbocycles. The van der Waals surface area contributed by atoms with Gasteiger partial charge in [0.15, 0.2) is 0 Å². The highest BCUT2D eigenvalue weighted by atomic mass is 35.5. The van der Waals surface area contributed by atoms with Crippen LogP contribution in [-0.2, 0) is 6.54 Å². The van der Waals surface area contributed by atoms with Crippen molar-refractivity contribution < 1.29 is 4.79 Å².